The molecule has 0 N–H and O–H groups in total. The minimum atomic E-state index is -1.72. The van der Waals surface area contributed by atoms with Crippen molar-refractivity contribution >= 4 is 19.8 Å². The number of thioether (sulfide) groups is 1. The van der Waals surface area contributed by atoms with Crippen LogP contribution < -0.4 is 0 Å². The summed E-state index contributed by atoms with van der Waals surface area (Å²) in [5, 5.41) is 0. The molecule has 0 bridgehead atoms. The lowest BCUT2D eigenvalue weighted by molar-refractivity contribution is 0.705. The molecule has 0 aliphatic heterocycles. The molecule has 0 saturated carbocycles. The molecule has 0 aliphatic carbocycles. The summed E-state index contributed by atoms with van der Waals surface area (Å²) < 4.78 is 0. The van der Waals surface area contributed by atoms with E-state index in [1.54, 1.807) is 0 Å². The van der Waals surface area contributed by atoms with E-state index in [1.165, 1.54) is 60.3 Å². The third-order valence-corrected chi connectivity index (χ3v) is 14.1. The van der Waals surface area contributed by atoms with Crippen LogP contribution in [0.5, 0.6) is 0 Å². The third-order valence-electron chi connectivity index (χ3n) is 6.65. The van der Waals surface area contributed by atoms with Gasteiger partial charge in [-0.3, -0.25) is 0 Å². The summed E-state index contributed by atoms with van der Waals surface area (Å²) in [6.07, 6.45) is 9.97. The Morgan fingerprint density at radius 1 is 0.774 bits per heavy atom. The van der Waals surface area contributed by atoms with E-state index in [1.807, 2.05) is 11.8 Å². The average Bonchev–Trinajstić information content (AvgIpc) is 2.72. The molecule has 0 saturated heterocycles. The van der Waals surface area contributed by atoms with E-state index in [4.69, 9.17) is 0 Å². The van der Waals surface area contributed by atoms with Crippen LogP contribution in [0.15, 0.2) is 45.7 Å². The molecule has 0 unspecified atom stereocenters. The van der Waals surface area contributed by atoms with Crippen molar-refractivity contribution in [2.24, 2.45) is 0 Å². The van der Waals surface area contributed by atoms with Gasteiger partial charge in [-0.2, -0.15) is 0 Å². The van der Waals surface area contributed by atoms with Crippen molar-refractivity contribution in [3.05, 3.63) is 40.8 Å². The Balaban J connectivity index is 3.47. The zero-order chi connectivity index (χ0) is 23.3. The minimum Gasteiger partial charge on any atom is -0.125 e. The highest BCUT2D eigenvalue weighted by molar-refractivity contribution is 8.03. The van der Waals surface area contributed by atoms with Crippen LogP contribution in [-0.2, 0) is 0 Å². The van der Waals surface area contributed by atoms with Gasteiger partial charge in [0.1, 0.15) is 8.07 Å². The molecule has 0 spiro atoms. The standard InChI is InChI=1S/C29H48SSi/c1-9-11-14-18-27(22-23-31(24(3)4,25(5)6)26(7)8)29(21-15-12-10-2)30-28-19-16-13-17-20-28/h13,16-17,19-20,24-26H,9-12,14-15,18,21H2,1-8H3/b29-27-. The minimum absolute atomic E-state index is 0.683. The quantitative estimate of drug-likeness (QED) is 0.123. The lowest BCUT2D eigenvalue weighted by Gasteiger charge is -2.38. The molecule has 1 aromatic carbocycles. The largest absolute Gasteiger partial charge is 0.146 e. The van der Waals surface area contributed by atoms with Crippen molar-refractivity contribution in [3.8, 4) is 11.5 Å². The van der Waals surface area contributed by atoms with E-state index < -0.39 is 8.07 Å². The predicted octanol–water partition coefficient (Wildman–Crippen LogP) is 10.4. The average molecular weight is 457 g/mol. The van der Waals surface area contributed by atoms with Gasteiger partial charge in [0, 0.05) is 15.4 Å². The molecular weight excluding hydrogens is 408 g/mol. The predicted molar refractivity (Wildman–Crippen MR) is 146 cm³/mol. The van der Waals surface area contributed by atoms with Crippen LogP contribution >= 0.6 is 11.8 Å². The van der Waals surface area contributed by atoms with E-state index >= 15 is 0 Å². The zero-order valence-electron chi connectivity index (χ0n) is 21.7. The van der Waals surface area contributed by atoms with E-state index in [2.05, 4.69) is 97.2 Å². The molecule has 1 rings (SSSR count). The summed E-state index contributed by atoms with van der Waals surface area (Å²) in [5.41, 5.74) is 7.52. The van der Waals surface area contributed by atoms with Crippen LogP contribution in [0, 0.1) is 11.5 Å². The summed E-state index contributed by atoms with van der Waals surface area (Å²) in [7, 11) is -1.72. The molecule has 0 atom stereocenters. The normalized spacial score (nSPS) is 12.9. The fourth-order valence-corrected chi connectivity index (χ4v) is 11.2. The third kappa shape index (κ3) is 8.86. The maximum absolute atomic E-state index is 4.03. The van der Waals surface area contributed by atoms with E-state index in [9.17, 15) is 0 Å². The molecule has 31 heavy (non-hydrogen) atoms. The van der Waals surface area contributed by atoms with Crippen LogP contribution in [0.3, 0.4) is 0 Å². The monoisotopic (exact) mass is 456 g/mol. The van der Waals surface area contributed by atoms with Gasteiger partial charge in [0.2, 0.25) is 0 Å². The zero-order valence-corrected chi connectivity index (χ0v) is 23.5. The van der Waals surface area contributed by atoms with Crippen molar-refractivity contribution in [1.82, 2.24) is 0 Å². The Hall–Kier alpha value is -0.913. The number of benzene rings is 1. The first-order valence-electron chi connectivity index (χ1n) is 12.8. The fraction of sp³-hybridized carbons (Fsp3) is 0.655. The Morgan fingerprint density at radius 2 is 1.29 bits per heavy atom. The van der Waals surface area contributed by atoms with Crippen LogP contribution in [-0.4, -0.2) is 8.07 Å². The molecule has 0 nitrogen and oxygen atoms in total. The summed E-state index contributed by atoms with van der Waals surface area (Å²) in [6, 6.07) is 10.9. The SMILES string of the molecule is CCCCC/C(C#C[Si](C(C)C)(C(C)C)C(C)C)=C(\CCCCC)Sc1ccccc1. The molecule has 0 heterocycles. The summed E-state index contributed by atoms with van der Waals surface area (Å²) in [4.78, 5) is 2.88. The number of hydrogen-bond acceptors (Lipinski definition) is 1. The maximum atomic E-state index is 4.03. The van der Waals surface area contributed by atoms with Crippen LogP contribution in [0.25, 0.3) is 0 Å². The second-order valence-electron chi connectivity index (χ2n) is 9.88. The Labute approximate surface area is 200 Å². The van der Waals surface area contributed by atoms with E-state index in [0.29, 0.717) is 16.6 Å². The lowest BCUT2D eigenvalue weighted by atomic mass is 10.1. The highest BCUT2D eigenvalue weighted by Gasteiger charge is 2.41. The van der Waals surface area contributed by atoms with Crippen molar-refractivity contribution in [2.45, 2.75) is 128 Å². The second-order valence-corrected chi connectivity index (χ2v) is 16.6. The van der Waals surface area contributed by atoms with Gasteiger partial charge in [-0.25, -0.2) is 0 Å². The van der Waals surface area contributed by atoms with E-state index in [0.717, 1.165) is 6.42 Å². The van der Waals surface area contributed by atoms with Gasteiger partial charge in [-0.05, 0) is 54.4 Å². The van der Waals surface area contributed by atoms with Crippen molar-refractivity contribution in [2.75, 3.05) is 0 Å². The Morgan fingerprint density at radius 3 is 1.77 bits per heavy atom. The van der Waals surface area contributed by atoms with Crippen LogP contribution in [0.4, 0.5) is 0 Å². The number of unbranched alkanes of at least 4 members (excludes halogenated alkanes) is 4. The first-order valence-corrected chi connectivity index (χ1v) is 15.8. The summed E-state index contributed by atoms with van der Waals surface area (Å²) in [5.74, 6) is 3.88. The van der Waals surface area contributed by atoms with Gasteiger partial charge >= 0.3 is 0 Å². The van der Waals surface area contributed by atoms with Crippen molar-refractivity contribution < 1.29 is 0 Å². The van der Waals surface area contributed by atoms with E-state index in [-0.39, 0.29) is 0 Å². The van der Waals surface area contributed by atoms with Gasteiger partial charge in [-0.1, -0.05) is 117 Å². The number of hydrogen-bond donors (Lipinski definition) is 0. The molecule has 0 amide bonds. The maximum Gasteiger partial charge on any atom is 0.146 e. The first kappa shape index (κ1) is 28.1. The smallest absolute Gasteiger partial charge is 0.125 e. The topological polar surface area (TPSA) is 0 Å². The van der Waals surface area contributed by atoms with Crippen LogP contribution in [0.2, 0.25) is 16.6 Å². The van der Waals surface area contributed by atoms with Crippen molar-refractivity contribution in [3.63, 3.8) is 0 Å². The fourth-order valence-electron chi connectivity index (χ4n) is 4.87. The van der Waals surface area contributed by atoms with Gasteiger partial charge in [-0.15, -0.1) is 5.54 Å². The second kappa shape index (κ2) is 15.0. The molecule has 2 heteroatoms. The van der Waals surface area contributed by atoms with Crippen molar-refractivity contribution in [1.29, 1.82) is 0 Å². The Kier molecular flexibility index (Phi) is 13.6. The van der Waals surface area contributed by atoms with Gasteiger partial charge in [0.25, 0.3) is 0 Å². The molecule has 0 fully saturated rings. The highest BCUT2D eigenvalue weighted by atomic mass is 32.2. The lowest BCUT2D eigenvalue weighted by Crippen LogP contribution is -2.43. The first-order chi connectivity index (χ1) is 14.8. The summed E-state index contributed by atoms with van der Waals surface area (Å²) in [6.45, 7) is 19.1. The summed E-state index contributed by atoms with van der Waals surface area (Å²) >= 11 is 1.97. The molecule has 174 valence electrons. The van der Waals surface area contributed by atoms with Crippen LogP contribution in [0.1, 0.15) is 107 Å². The van der Waals surface area contributed by atoms with Gasteiger partial charge in [0.05, 0.1) is 0 Å². The number of rotatable bonds is 13. The molecule has 0 aromatic heterocycles. The highest BCUT2D eigenvalue weighted by Crippen LogP contribution is 2.41. The molecule has 0 radical (unpaired) electrons. The van der Waals surface area contributed by atoms with Gasteiger partial charge < -0.3 is 0 Å². The van der Waals surface area contributed by atoms with Gasteiger partial charge in [0.15, 0.2) is 0 Å². The number of allylic oxidation sites excluding steroid dienone is 2. The Bertz CT molecular complexity index is 681. The molecule has 0 aliphatic rings. The molecular formula is C29H48SSi. The molecule has 1 aromatic rings.